The van der Waals surface area contributed by atoms with Crippen LogP contribution >= 0.6 is 0 Å². The average Bonchev–Trinajstić information content (AvgIpc) is 2.91. The van der Waals surface area contributed by atoms with Crippen molar-refractivity contribution in [2.24, 2.45) is 5.92 Å². The Labute approximate surface area is 163 Å². The van der Waals surface area contributed by atoms with Gasteiger partial charge in [-0.1, -0.05) is 26.0 Å². The van der Waals surface area contributed by atoms with Gasteiger partial charge in [0.25, 0.3) is 17.7 Å². The summed E-state index contributed by atoms with van der Waals surface area (Å²) in [5, 5.41) is 11.9. The number of carbonyl (C=O) groups excluding carboxylic acids is 4. The van der Waals surface area contributed by atoms with Crippen LogP contribution in [-0.4, -0.2) is 46.3 Å². The summed E-state index contributed by atoms with van der Waals surface area (Å²) in [5.41, 5.74) is -0.675. The van der Waals surface area contributed by atoms with Crippen LogP contribution in [0.25, 0.3) is 0 Å². The SMILES string of the molecule is CC(C)[C@@](C)(C#N)NC(=O)[C@H](C)OC(=O)[C@@H](C)N1C(=O)c2ccccc2C1=O. The van der Waals surface area contributed by atoms with Gasteiger partial charge in [-0.05, 0) is 38.8 Å². The zero-order valence-corrected chi connectivity index (χ0v) is 16.5. The Balaban J connectivity index is 2.07. The van der Waals surface area contributed by atoms with Crippen molar-refractivity contribution in [2.75, 3.05) is 0 Å². The molecule has 1 aromatic carbocycles. The lowest BCUT2D eigenvalue weighted by molar-refractivity contribution is -0.158. The van der Waals surface area contributed by atoms with Crippen molar-refractivity contribution < 1.29 is 23.9 Å². The fraction of sp³-hybridized carbons (Fsp3) is 0.450. The average molecular weight is 385 g/mol. The third kappa shape index (κ3) is 3.74. The topological polar surface area (TPSA) is 117 Å². The summed E-state index contributed by atoms with van der Waals surface area (Å²) in [7, 11) is 0. The minimum atomic E-state index is -1.20. The minimum Gasteiger partial charge on any atom is -0.451 e. The number of amides is 3. The highest BCUT2D eigenvalue weighted by atomic mass is 16.5. The van der Waals surface area contributed by atoms with Crippen molar-refractivity contribution in [3.05, 3.63) is 35.4 Å². The van der Waals surface area contributed by atoms with Gasteiger partial charge < -0.3 is 10.1 Å². The highest BCUT2D eigenvalue weighted by Crippen LogP contribution is 2.25. The van der Waals surface area contributed by atoms with Crippen LogP contribution in [0.2, 0.25) is 0 Å². The van der Waals surface area contributed by atoms with Gasteiger partial charge in [0.05, 0.1) is 17.2 Å². The van der Waals surface area contributed by atoms with Crippen molar-refractivity contribution >= 4 is 23.7 Å². The molecule has 0 saturated heterocycles. The summed E-state index contributed by atoms with van der Waals surface area (Å²) < 4.78 is 5.15. The molecule has 1 heterocycles. The Morgan fingerprint density at radius 3 is 2.04 bits per heavy atom. The van der Waals surface area contributed by atoms with Crippen LogP contribution < -0.4 is 5.32 Å². The van der Waals surface area contributed by atoms with Gasteiger partial charge in [-0.15, -0.1) is 0 Å². The van der Waals surface area contributed by atoms with Crippen LogP contribution in [0.3, 0.4) is 0 Å². The number of benzene rings is 1. The molecule has 8 nitrogen and oxygen atoms in total. The highest BCUT2D eigenvalue weighted by Gasteiger charge is 2.42. The second kappa shape index (κ2) is 7.80. The summed E-state index contributed by atoms with van der Waals surface area (Å²) >= 11 is 0. The first-order valence-electron chi connectivity index (χ1n) is 8.94. The predicted octanol–water partition coefficient (Wildman–Crippen LogP) is 1.66. The van der Waals surface area contributed by atoms with Crippen molar-refractivity contribution in [2.45, 2.75) is 52.3 Å². The smallest absolute Gasteiger partial charge is 0.329 e. The maximum atomic E-state index is 12.5. The van der Waals surface area contributed by atoms with E-state index >= 15 is 0 Å². The number of nitriles is 1. The summed E-state index contributed by atoms with van der Waals surface area (Å²) in [6.07, 6.45) is -1.20. The first kappa shape index (κ1) is 21.1. The van der Waals surface area contributed by atoms with E-state index < -0.39 is 41.4 Å². The van der Waals surface area contributed by atoms with Gasteiger partial charge in [0.2, 0.25) is 0 Å². The number of fused-ring (bicyclic) bond motifs is 1. The highest BCUT2D eigenvalue weighted by molar-refractivity contribution is 6.22. The lowest BCUT2D eigenvalue weighted by Crippen LogP contribution is -2.53. The standard InChI is InChI=1S/C20H23N3O5/c1-11(2)20(5,10-21)22-16(24)13(4)28-19(27)12(3)23-17(25)14-8-6-7-9-15(14)18(23)26/h6-9,11-13H,1-5H3,(H,22,24)/t12-,13+,20-/m1/s1. The summed E-state index contributed by atoms with van der Waals surface area (Å²) in [5.74, 6) is -2.86. The molecule has 148 valence electrons. The van der Waals surface area contributed by atoms with Gasteiger partial charge in [-0.25, -0.2) is 4.79 Å². The van der Waals surface area contributed by atoms with E-state index in [9.17, 15) is 24.4 Å². The summed E-state index contributed by atoms with van der Waals surface area (Å²) in [6, 6.07) is 7.12. The molecule has 0 radical (unpaired) electrons. The summed E-state index contributed by atoms with van der Waals surface area (Å²) in [4.78, 5) is 50.5. The molecule has 1 aromatic rings. The van der Waals surface area contributed by atoms with Gasteiger partial charge in [-0.2, -0.15) is 5.26 Å². The second-order valence-electron chi connectivity index (χ2n) is 7.24. The zero-order chi connectivity index (χ0) is 21.2. The predicted molar refractivity (Wildman–Crippen MR) is 99.0 cm³/mol. The fourth-order valence-corrected chi connectivity index (χ4v) is 2.65. The lowest BCUT2D eigenvalue weighted by atomic mass is 9.90. The molecule has 3 amide bonds. The van der Waals surface area contributed by atoms with E-state index in [0.29, 0.717) is 0 Å². The molecule has 8 heteroatoms. The van der Waals surface area contributed by atoms with Crippen molar-refractivity contribution in [3.63, 3.8) is 0 Å². The zero-order valence-electron chi connectivity index (χ0n) is 16.5. The third-order valence-corrected chi connectivity index (χ3v) is 4.99. The van der Waals surface area contributed by atoms with Gasteiger partial charge in [-0.3, -0.25) is 19.3 Å². The van der Waals surface area contributed by atoms with E-state index in [1.54, 1.807) is 32.9 Å². The maximum Gasteiger partial charge on any atom is 0.329 e. The van der Waals surface area contributed by atoms with Crippen LogP contribution in [0.4, 0.5) is 0 Å². The third-order valence-electron chi connectivity index (χ3n) is 4.99. The second-order valence-corrected chi connectivity index (χ2v) is 7.24. The first-order chi connectivity index (χ1) is 13.0. The molecule has 0 bridgehead atoms. The molecule has 0 spiro atoms. The van der Waals surface area contributed by atoms with E-state index in [0.717, 1.165) is 4.90 Å². The quantitative estimate of drug-likeness (QED) is 0.588. The number of ether oxygens (including phenoxy) is 1. The van der Waals surface area contributed by atoms with Gasteiger partial charge in [0.15, 0.2) is 6.10 Å². The molecule has 0 aliphatic carbocycles. The number of hydrogen-bond donors (Lipinski definition) is 1. The molecule has 0 unspecified atom stereocenters. The number of rotatable bonds is 6. The number of hydrogen-bond acceptors (Lipinski definition) is 6. The largest absolute Gasteiger partial charge is 0.451 e. The Bertz CT molecular complexity index is 838. The van der Waals surface area contributed by atoms with Gasteiger partial charge >= 0.3 is 5.97 Å². The minimum absolute atomic E-state index is 0.165. The molecule has 0 saturated carbocycles. The van der Waals surface area contributed by atoms with E-state index in [1.165, 1.54) is 26.0 Å². The van der Waals surface area contributed by atoms with Crippen molar-refractivity contribution in [1.82, 2.24) is 10.2 Å². The molecule has 1 aliphatic rings. The number of nitrogens with one attached hydrogen (secondary N) is 1. The van der Waals surface area contributed by atoms with E-state index in [-0.39, 0.29) is 17.0 Å². The Hall–Kier alpha value is -3.21. The van der Waals surface area contributed by atoms with Gasteiger partial charge in [0, 0.05) is 0 Å². The molecule has 0 aromatic heterocycles. The monoisotopic (exact) mass is 385 g/mol. The molecular weight excluding hydrogens is 362 g/mol. The van der Waals surface area contributed by atoms with E-state index in [4.69, 9.17) is 4.74 Å². The number of imide groups is 1. The summed E-state index contributed by atoms with van der Waals surface area (Å²) in [6.45, 7) is 7.86. The molecule has 1 N–H and O–H groups in total. The van der Waals surface area contributed by atoms with Crippen LogP contribution in [0.15, 0.2) is 24.3 Å². The maximum absolute atomic E-state index is 12.5. The van der Waals surface area contributed by atoms with Crippen LogP contribution in [0.1, 0.15) is 55.3 Å². The van der Waals surface area contributed by atoms with Crippen LogP contribution in [0.5, 0.6) is 0 Å². The number of esters is 1. The van der Waals surface area contributed by atoms with Crippen LogP contribution in [0, 0.1) is 17.2 Å². The first-order valence-corrected chi connectivity index (χ1v) is 8.94. The molecule has 1 aliphatic heterocycles. The molecule has 2 rings (SSSR count). The molecule has 3 atom stereocenters. The van der Waals surface area contributed by atoms with E-state index in [1.807, 2.05) is 6.07 Å². The van der Waals surface area contributed by atoms with Crippen molar-refractivity contribution in [1.29, 1.82) is 5.26 Å². The van der Waals surface area contributed by atoms with Crippen molar-refractivity contribution in [3.8, 4) is 6.07 Å². The Morgan fingerprint density at radius 2 is 1.61 bits per heavy atom. The van der Waals surface area contributed by atoms with E-state index in [2.05, 4.69) is 5.32 Å². The van der Waals surface area contributed by atoms with Crippen LogP contribution in [-0.2, 0) is 14.3 Å². The normalized spacial score (nSPS) is 17.4. The lowest BCUT2D eigenvalue weighted by Gasteiger charge is -2.29. The Kier molecular flexibility index (Phi) is 5.88. The number of nitrogens with zero attached hydrogens (tertiary/aromatic N) is 2. The molecular formula is C20H23N3O5. The molecule has 28 heavy (non-hydrogen) atoms. The molecule has 0 fully saturated rings. The fourth-order valence-electron chi connectivity index (χ4n) is 2.65. The van der Waals surface area contributed by atoms with Gasteiger partial charge in [0.1, 0.15) is 11.6 Å². The Morgan fingerprint density at radius 1 is 1.11 bits per heavy atom. The number of carbonyl (C=O) groups is 4.